The van der Waals surface area contributed by atoms with Crippen molar-refractivity contribution < 1.29 is 34.4 Å². The quantitative estimate of drug-likeness (QED) is 0.240. The Balaban J connectivity index is 0.00000144. The van der Waals surface area contributed by atoms with Gasteiger partial charge in [0.15, 0.2) is 5.12 Å². The second kappa shape index (κ2) is 6.68. The minimum atomic E-state index is -0.111. The molecule has 0 amide bonds. The molecule has 0 aliphatic heterocycles. The summed E-state index contributed by atoms with van der Waals surface area (Å²) in [6, 6.07) is 7.70. The maximum absolute atomic E-state index is 11.1. The predicted octanol–water partition coefficient (Wildman–Crippen LogP) is -0.459. The van der Waals surface area contributed by atoms with Crippen LogP contribution in [0.3, 0.4) is 0 Å². The average molecular weight is 219 g/mol. The number of hydrogen-bond acceptors (Lipinski definition) is 4. The van der Waals surface area contributed by atoms with E-state index in [9.17, 15) is 4.79 Å². The maximum atomic E-state index is 11.1. The molecule has 1 aromatic rings. The van der Waals surface area contributed by atoms with Crippen molar-refractivity contribution in [3.05, 3.63) is 29.8 Å². The monoisotopic (exact) mass is 219 g/mol. The number of thiol groups is 1. The molecule has 0 atom stereocenters. The molecule has 0 heterocycles. The van der Waals surface area contributed by atoms with E-state index in [0.717, 1.165) is 10.8 Å². The van der Waals surface area contributed by atoms with Crippen LogP contribution in [0.2, 0.25) is 0 Å². The Hall–Kier alpha value is 0.260. The van der Waals surface area contributed by atoms with Gasteiger partial charge in [-0.2, -0.15) is 18.2 Å². The number of carbonyl (C=O) groups is 1. The van der Waals surface area contributed by atoms with E-state index in [0.29, 0.717) is 11.3 Å². The topological polar surface area (TPSA) is 29.4 Å². The van der Waals surface area contributed by atoms with Crippen LogP contribution in [-0.4, -0.2) is 11.8 Å². The number of hydrogen-bond donors (Lipinski definition) is 1. The zero-order valence-corrected chi connectivity index (χ0v) is 10.9. The molecule has 0 N–H and O–H groups in total. The fraction of sp³-hybridized carbons (Fsp3) is 0. The molecular weight excluding hydrogens is 213 g/mol. The Morgan fingerprint density at radius 1 is 1.62 bits per heavy atom. The summed E-state index contributed by atoms with van der Waals surface area (Å²) in [6.45, 7) is 3.35. The Labute approximate surface area is 108 Å². The third-order valence-corrected chi connectivity index (χ3v) is 2.17. The third kappa shape index (κ3) is 3.87. The van der Waals surface area contributed by atoms with Crippen molar-refractivity contribution in [1.29, 1.82) is 0 Å². The van der Waals surface area contributed by atoms with E-state index in [1.807, 2.05) is 0 Å². The van der Waals surface area contributed by atoms with Gasteiger partial charge in [-0.3, -0.25) is 4.79 Å². The zero-order chi connectivity index (χ0) is 8.97. The van der Waals surface area contributed by atoms with E-state index in [-0.39, 0.29) is 34.7 Å². The molecule has 0 aliphatic rings. The molecule has 0 unspecified atom stereocenters. The van der Waals surface area contributed by atoms with E-state index >= 15 is 0 Å². The molecule has 1 aromatic carbocycles. The first-order valence-electron chi connectivity index (χ1n) is 3.11. The molecular formula is C8H6NNaOS2. The number of nitrogens with zero attached hydrogens (tertiary/aromatic N) is 1. The van der Waals surface area contributed by atoms with Gasteiger partial charge in [0.25, 0.3) is 0 Å². The van der Waals surface area contributed by atoms with Crippen LogP contribution in [0.4, 0.5) is 5.69 Å². The van der Waals surface area contributed by atoms with Crippen LogP contribution < -0.4 is 29.6 Å². The number of carbonyl (C=O) groups excluding carboxylic acids is 1. The Morgan fingerprint density at radius 3 is 2.85 bits per heavy atom. The summed E-state index contributed by atoms with van der Waals surface area (Å²) in [7, 11) is 0.871. The second-order valence-corrected chi connectivity index (χ2v) is 3.12. The smallest absolute Gasteiger partial charge is 0.329 e. The molecule has 0 saturated carbocycles. The van der Waals surface area contributed by atoms with Gasteiger partial charge in [-0.1, -0.05) is 5.56 Å². The van der Waals surface area contributed by atoms with Gasteiger partial charge in [0.05, 0.1) is 0 Å². The molecule has 1 rings (SSSR count). The molecule has 2 nitrogen and oxygen atoms in total. The van der Waals surface area contributed by atoms with Crippen LogP contribution in [0.1, 0.15) is 10.4 Å². The van der Waals surface area contributed by atoms with Gasteiger partial charge in [-0.25, -0.2) is 0 Å². The van der Waals surface area contributed by atoms with E-state index in [4.69, 9.17) is 0 Å². The van der Waals surface area contributed by atoms with Crippen molar-refractivity contribution in [2.75, 3.05) is 0 Å². The second-order valence-electron chi connectivity index (χ2n) is 2.02. The normalized spacial score (nSPS) is 8.69. The van der Waals surface area contributed by atoms with Gasteiger partial charge >= 0.3 is 29.6 Å². The Morgan fingerprint density at radius 2 is 2.31 bits per heavy atom. The molecule has 5 heteroatoms. The first-order chi connectivity index (χ1) is 5.77. The zero-order valence-electron chi connectivity index (χ0n) is 7.15. The molecule has 0 spiro atoms. The predicted molar refractivity (Wildman–Crippen MR) is 55.4 cm³/mol. The fourth-order valence-electron chi connectivity index (χ4n) is 0.721. The van der Waals surface area contributed by atoms with E-state index in [1.165, 1.54) is 0 Å². The van der Waals surface area contributed by atoms with Crippen molar-refractivity contribution in [1.82, 2.24) is 0 Å². The Bertz CT molecular complexity index is 317. The molecule has 62 valence electrons. The summed E-state index contributed by atoms with van der Waals surface area (Å²) in [5.74, 6) is 0. The molecule has 0 fully saturated rings. The average Bonchev–Trinajstić information content (AvgIpc) is 2.17. The third-order valence-electron chi connectivity index (χ3n) is 1.27. The van der Waals surface area contributed by atoms with Crippen molar-refractivity contribution in [2.24, 2.45) is 4.99 Å². The Kier molecular flexibility index (Phi) is 6.81. The van der Waals surface area contributed by atoms with Gasteiger partial charge in [0.2, 0.25) is 0 Å². The first kappa shape index (κ1) is 13.3. The van der Waals surface area contributed by atoms with Gasteiger partial charge < -0.3 is 4.99 Å². The van der Waals surface area contributed by atoms with Gasteiger partial charge in [0.1, 0.15) is 0 Å². The van der Waals surface area contributed by atoms with Crippen molar-refractivity contribution >= 4 is 40.0 Å². The minimum absolute atomic E-state index is 0. The standard InChI is InChI=1S/C8H6NOS2.Na/c1-9-7-4-2-3-6(5-7)8(10)12-11;/h3-5,11H,1H2;/q-1;+1. The van der Waals surface area contributed by atoms with Crippen LogP contribution >= 0.6 is 22.5 Å². The molecule has 0 aliphatic carbocycles. The largest absolute Gasteiger partial charge is 1.00 e. The van der Waals surface area contributed by atoms with Crippen molar-refractivity contribution in [3.8, 4) is 0 Å². The van der Waals surface area contributed by atoms with E-state index < -0.39 is 0 Å². The molecule has 13 heavy (non-hydrogen) atoms. The van der Waals surface area contributed by atoms with Crippen LogP contribution in [-0.2, 0) is 0 Å². The summed E-state index contributed by atoms with van der Waals surface area (Å²) in [4.78, 5) is 14.8. The summed E-state index contributed by atoms with van der Waals surface area (Å²) in [5, 5.41) is -0.111. The fourth-order valence-corrected chi connectivity index (χ4v) is 1.26. The van der Waals surface area contributed by atoms with Crippen LogP contribution in [0.5, 0.6) is 0 Å². The number of benzene rings is 1. The summed E-state index contributed by atoms with van der Waals surface area (Å²) < 4.78 is 0. The number of aliphatic imine (C=N–C) groups is 1. The summed E-state index contributed by atoms with van der Waals surface area (Å²) >= 11 is 3.80. The molecule has 0 bridgehead atoms. The maximum Gasteiger partial charge on any atom is 1.00 e. The molecule has 0 aromatic heterocycles. The summed E-state index contributed by atoms with van der Waals surface area (Å²) in [6.07, 6.45) is 0. The molecule has 0 radical (unpaired) electrons. The van der Waals surface area contributed by atoms with Gasteiger partial charge in [-0.15, -0.1) is 17.7 Å². The molecule has 0 saturated heterocycles. The van der Waals surface area contributed by atoms with E-state index in [1.54, 1.807) is 18.2 Å². The SMILES string of the molecule is C=Nc1c[c-]cc(C(=O)SS)c1.[Na+]. The van der Waals surface area contributed by atoms with Crippen LogP contribution in [0, 0.1) is 6.07 Å². The van der Waals surface area contributed by atoms with Crippen LogP contribution in [0.15, 0.2) is 23.2 Å². The van der Waals surface area contributed by atoms with Gasteiger partial charge in [0, 0.05) is 0 Å². The summed E-state index contributed by atoms with van der Waals surface area (Å²) in [5.41, 5.74) is 1.18. The van der Waals surface area contributed by atoms with Gasteiger partial charge in [-0.05, 0) is 23.2 Å². The van der Waals surface area contributed by atoms with Crippen molar-refractivity contribution in [2.45, 2.75) is 0 Å². The number of rotatable bonds is 2. The van der Waals surface area contributed by atoms with Crippen LogP contribution in [0.25, 0.3) is 0 Å². The minimum Gasteiger partial charge on any atom is -0.329 e. The van der Waals surface area contributed by atoms with E-state index in [2.05, 4.69) is 29.4 Å². The first-order valence-corrected chi connectivity index (χ1v) is 4.98. The van der Waals surface area contributed by atoms with Crippen molar-refractivity contribution in [3.63, 3.8) is 0 Å².